The van der Waals surface area contributed by atoms with E-state index in [0.717, 1.165) is 12.0 Å². The van der Waals surface area contributed by atoms with E-state index in [4.69, 9.17) is 9.47 Å². The lowest BCUT2D eigenvalue weighted by Gasteiger charge is -2.36. The maximum atomic E-state index is 13.5. The smallest absolute Gasteiger partial charge is 0.416 e. The topological polar surface area (TPSA) is 76.1 Å². The second-order valence-corrected chi connectivity index (χ2v) is 11.2. The van der Waals surface area contributed by atoms with Crippen LogP contribution in [0.3, 0.4) is 0 Å². The van der Waals surface area contributed by atoms with Crippen LogP contribution in [0.4, 0.5) is 31.1 Å². The molecule has 1 heterocycles. The normalized spacial score (nSPS) is 21.2. The zero-order valence-electron chi connectivity index (χ0n) is 22.7. The number of cyclic esters (lactones) is 1. The van der Waals surface area contributed by atoms with E-state index in [1.165, 1.54) is 31.1 Å². The van der Waals surface area contributed by atoms with Gasteiger partial charge in [-0.15, -0.1) is 0 Å². The highest BCUT2D eigenvalue weighted by atomic mass is 19.4. The number of hydrogen-bond donors (Lipinski definition) is 1. The number of ether oxygens (including phenoxy) is 2. The van der Waals surface area contributed by atoms with E-state index in [1.807, 2.05) is 13.8 Å². The number of amides is 1. The fourth-order valence-corrected chi connectivity index (χ4v) is 5.48. The lowest BCUT2D eigenvalue weighted by atomic mass is 9.72. The quantitative estimate of drug-likeness (QED) is 0.348. The molecule has 2 aliphatic rings. The number of halogens is 6. The van der Waals surface area contributed by atoms with E-state index >= 15 is 0 Å². The molecule has 0 spiro atoms. The Morgan fingerprint density at radius 1 is 1.07 bits per heavy atom. The number of hydrogen-bond acceptors (Lipinski definition) is 4. The molecule has 0 bridgehead atoms. The second-order valence-electron chi connectivity index (χ2n) is 11.2. The zero-order valence-corrected chi connectivity index (χ0v) is 22.7. The molecule has 2 aromatic rings. The molecule has 1 amide bonds. The van der Waals surface area contributed by atoms with Crippen molar-refractivity contribution in [2.75, 3.05) is 13.7 Å². The van der Waals surface area contributed by atoms with Crippen LogP contribution in [0, 0.1) is 5.41 Å². The van der Waals surface area contributed by atoms with Crippen molar-refractivity contribution in [2.45, 2.75) is 64.5 Å². The van der Waals surface area contributed by atoms with Crippen molar-refractivity contribution in [3.8, 4) is 5.75 Å². The fraction of sp³-hybridized carbons (Fsp3) is 0.448. The average Bonchev–Trinajstić information content (AvgIpc) is 3.15. The van der Waals surface area contributed by atoms with Gasteiger partial charge in [-0.05, 0) is 90.3 Å². The summed E-state index contributed by atoms with van der Waals surface area (Å²) in [4.78, 5) is 26.3. The van der Waals surface area contributed by atoms with Crippen molar-refractivity contribution in [3.63, 3.8) is 0 Å². The van der Waals surface area contributed by atoms with E-state index < -0.39 is 53.3 Å². The number of alkyl halides is 6. The third kappa shape index (κ3) is 6.31. The van der Waals surface area contributed by atoms with Gasteiger partial charge in [-0.25, -0.2) is 9.59 Å². The molecule has 0 unspecified atom stereocenters. The molecule has 2 aromatic carbocycles. The number of nitrogens with zero attached hydrogens (tertiary/aromatic N) is 1. The monoisotopic (exact) mass is 585 g/mol. The standard InChI is InChI=1S/C29H29F6NO5/c1-15-24(16-9-18(28(30,31)32)11-19(10-16)29(33,34)35)41-26(39)36(15)14-17-13-27(2,3)8-7-21(17)23-12-20(40-4)5-6-22(23)25(37)38/h5-6,9-12,15,24H,7-8,13-14H2,1-4H3,(H,37,38)/t15-,24-/m0/s1. The van der Waals surface area contributed by atoms with Crippen molar-refractivity contribution in [3.05, 3.63) is 69.8 Å². The van der Waals surface area contributed by atoms with E-state index in [0.29, 0.717) is 41.9 Å². The van der Waals surface area contributed by atoms with Crippen molar-refractivity contribution < 1.29 is 50.5 Å². The first-order chi connectivity index (χ1) is 18.9. The number of benzene rings is 2. The molecule has 1 aliphatic carbocycles. The first-order valence-corrected chi connectivity index (χ1v) is 12.8. The number of carbonyl (C=O) groups excluding carboxylic acids is 1. The number of carboxylic acid groups (broad SMARTS) is 1. The van der Waals surface area contributed by atoms with Crippen LogP contribution in [0.1, 0.15) is 78.7 Å². The Morgan fingerprint density at radius 2 is 1.68 bits per heavy atom. The van der Waals surface area contributed by atoms with Crippen molar-refractivity contribution in [1.29, 1.82) is 0 Å². The average molecular weight is 586 g/mol. The molecule has 222 valence electrons. The molecule has 0 aromatic heterocycles. The minimum absolute atomic E-state index is 0.0259. The SMILES string of the molecule is COc1ccc(C(=O)O)c(C2=C(CN3C(=O)O[C@H](c4cc(C(F)(F)F)cc(C(F)(F)F)c4)[C@@H]3C)CC(C)(C)CC2)c1. The van der Waals surface area contributed by atoms with E-state index in [9.17, 15) is 41.0 Å². The first kappa shape index (κ1) is 30.3. The molecular formula is C29H29F6NO5. The van der Waals surface area contributed by atoms with Gasteiger partial charge in [0.15, 0.2) is 0 Å². The number of allylic oxidation sites excluding steroid dienone is 1. The molecular weight excluding hydrogens is 556 g/mol. The molecule has 1 fully saturated rings. The van der Waals surface area contributed by atoms with Crippen LogP contribution in [0.2, 0.25) is 0 Å². The number of methoxy groups -OCH3 is 1. The van der Waals surface area contributed by atoms with Crippen LogP contribution < -0.4 is 4.74 Å². The van der Waals surface area contributed by atoms with Gasteiger partial charge >= 0.3 is 24.4 Å². The first-order valence-electron chi connectivity index (χ1n) is 12.8. The van der Waals surface area contributed by atoms with Gasteiger partial charge in [0.25, 0.3) is 0 Å². The summed E-state index contributed by atoms with van der Waals surface area (Å²) in [6.45, 7) is 5.48. The van der Waals surface area contributed by atoms with Gasteiger partial charge in [-0.3, -0.25) is 4.90 Å². The number of rotatable bonds is 6. The van der Waals surface area contributed by atoms with Crippen molar-refractivity contribution >= 4 is 17.6 Å². The maximum absolute atomic E-state index is 13.5. The molecule has 12 heteroatoms. The highest BCUT2D eigenvalue weighted by Gasteiger charge is 2.44. The summed E-state index contributed by atoms with van der Waals surface area (Å²) in [6.07, 6.45) is -10.7. The molecule has 41 heavy (non-hydrogen) atoms. The summed E-state index contributed by atoms with van der Waals surface area (Å²) >= 11 is 0. The van der Waals surface area contributed by atoms with Gasteiger partial charge < -0.3 is 14.6 Å². The summed E-state index contributed by atoms with van der Waals surface area (Å²) in [7, 11) is 1.44. The molecule has 1 saturated heterocycles. The van der Waals surface area contributed by atoms with Gasteiger partial charge in [-0.2, -0.15) is 26.3 Å². The third-order valence-corrected chi connectivity index (χ3v) is 7.64. The minimum Gasteiger partial charge on any atom is -0.497 e. The lowest BCUT2D eigenvalue weighted by molar-refractivity contribution is -0.143. The van der Waals surface area contributed by atoms with Crippen LogP contribution in [0.15, 0.2) is 42.0 Å². The molecule has 6 nitrogen and oxygen atoms in total. The Balaban J connectivity index is 1.76. The van der Waals surface area contributed by atoms with Crippen molar-refractivity contribution in [2.24, 2.45) is 5.41 Å². The minimum atomic E-state index is -5.05. The Labute approximate surface area is 232 Å². The predicted molar refractivity (Wildman–Crippen MR) is 136 cm³/mol. The highest BCUT2D eigenvalue weighted by Crippen LogP contribution is 2.46. The third-order valence-electron chi connectivity index (χ3n) is 7.64. The number of carbonyl (C=O) groups is 2. The van der Waals surface area contributed by atoms with Crippen LogP contribution >= 0.6 is 0 Å². The van der Waals surface area contributed by atoms with Crippen LogP contribution in [0.25, 0.3) is 5.57 Å². The molecule has 0 saturated carbocycles. The van der Waals surface area contributed by atoms with Gasteiger partial charge in [0.2, 0.25) is 0 Å². The number of aromatic carboxylic acids is 1. The molecule has 2 atom stereocenters. The van der Waals surface area contributed by atoms with Crippen LogP contribution in [-0.4, -0.2) is 41.8 Å². The summed E-state index contributed by atoms with van der Waals surface area (Å²) < 4.78 is 91.4. The molecule has 1 aliphatic heterocycles. The molecule has 4 rings (SSSR count). The number of carboxylic acids is 1. The summed E-state index contributed by atoms with van der Waals surface area (Å²) in [5.41, 5.74) is -1.75. The predicted octanol–water partition coefficient (Wildman–Crippen LogP) is 7.98. The second kappa shape index (κ2) is 10.6. The van der Waals surface area contributed by atoms with Gasteiger partial charge in [0, 0.05) is 6.54 Å². The Bertz CT molecular complexity index is 1360. The van der Waals surface area contributed by atoms with E-state index in [1.54, 1.807) is 6.07 Å². The Morgan fingerprint density at radius 3 is 2.22 bits per heavy atom. The Hall–Kier alpha value is -3.70. The fourth-order valence-electron chi connectivity index (χ4n) is 5.48. The van der Waals surface area contributed by atoms with E-state index in [2.05, 4.69) is 0 Å². The maximum Gasteiger partial charge on any atom is 0.416 e. The molecule has 1 N–H and O–H groups in total. The van der Waals surface area contributed by atoms with E-state index in [-0.39, 0.29) is 23.6 Å². The lowest BCUT2D eigenvalue weighted by Crippen LogP contribution is -2.35. The van der Waals surface area contributed by atoms with Gasteiger partial charge in [0.05, 0.1) is 29.8 Å². The molecule has 0 radical (unpaired) electrons. The largest absolute Gasteiger partial charge is 0.497 e. The summed E-state index contributed by atoms with van der Waals surface area (Å²) in [5.74, 6) is -0.723. The Kier molecular flexibility index (Phi) is 7.83. The highest BCUT2D eigenvalue weighted by molar-refractivity contribution is 5.95. The van der Waals surface area contributed by atoms with Crippen LogP contribution in [0.5, 0.6) is 5.75 Å². The summed E-state index contributed by atoms with van der Waals surface area (Å²) in [6, 6.07) is 4.79. The zero-order chi connectivity index (χ0) is 30.5. The summed E-state index contributed by atoms with van der Waals surface area (Å²) in [5, 5.41) is 9.83. The van der Waals surface area contributed by atoms with Gasteiger partial charge in [0.1, 0.15) is 11.9 Å². The van der Waals surface area contributed by atoms with Gasteiger partial charge in [-0.1, -0.05) is 13.8 Å². The van der Waals surface area contributed by atoms with Crippen molar-refractivity contribution in [1.82, 2.24) is 4.90 Å². The van der Waals surface area contributed by atoms with Crippen LogP contribution in [-0.2, 0) is 17.1 Å².